The molecule has 0 aromatic heterocycles. The lowest BCUT2D eigenvalue weighted by atomic mass is 10.0. The van der Waals surface area contributed by atoms with Crippen LogP contribution in [0.2, 0.25) is 0 Å². The maximum atomic E-state index is 11.6. The van der Waals surface area contributed by atoms with Crippen LogP contribution in [0.4, 0.5) is 4.79 Å². The van der Waals surface area contributed by atoms with Crippen molar-refractivity contribution in [3.05, 3.63) is 12.2 Å². The quantitative estimate of drug-likeness (QED) is 0.352. The van der Waals surface area contributed by atoms with Gasteiger partial charge in [0.05, 0.1) is 6.61 Å². The lowest BCUT2D eigenvalue weighted by molar-refractivity contribution is -0.142. The zero-order valence-corrected chi connectivity index (χ0v) is 10.2. The third-order valence-corrected chi connectivity index (χ3v) is 2.55. The lowest BCUT2D eigenvalue weighted by Crippen LogP contribution is -2.42. The Balaban J connectivity index is 2.27. The smallest absolute Gasteiger partial charge is 0.434 e. The molecule has 1 heterocycles. The number of unbranched alkanes of at least 4 members (excludes halogenated alkanes) is 1. The van der Waals surface area contributed by atoms with Gasteiger partial charge in [-0.05, 0) is 25.8 Å². The van der Waals surface area contributed by atoms with Crippen LogP contribution in [0.15, 0.2) is 12.2 Å². The Kier molecular flexibility index (Phi) is 5.69. The summed E-state index contributed by atoms with van der Waals surface area (Å²) in [6.07, 6.45) is 2.14. The first-order valence-corrected chi connectivity index (χ1v) is 5.92. The first-order valence-electron chi connectivity index (χ1n) is 5.92. The molecule has 1 atom stereocenters. The number of hydrogen-bond donors (Lipinski definition) is 1. The highest BCUT2D eigenvalue weighted by Gasteiger charge is 2.26. The molecule has 1 aliphatic rings. The molecule has 0 aromatic rings. The minimum Gasteiger partial charge on any atom is -0.434 e. The van der Waals surface area contributed by atoms with E-state index in [1.165, 1.54) is 0 Å². The van der Waals surface area contributed by atoms with Crippen molar-refractivity contribution >= 4 is 12.1 Å². The molecule has 0 aliphatic carbocycles. The zero-order chi connectivity index (χ0) is 12.7. The van der Waals surface area contributed by atoms with Gasteiger partial charge in [-0.15, -0.1) is 0 Å². The second-order valence-corrected chi connectivity index (χ2v) is 4.08. The molecule has 1 saturated heterocycles. The summed E-state index contributed by atoms with van der Waals surface area (Å²) in [6.45, 7) is 6.78. The van der Waals surface area contributed by atoms with Crippen LogP contribution in [0.25, 0.3) is 0 Å². The first kappa shape index (κ1) is 13.7. The van der Waals surface area contributed by atoms with E-state index in [9.17, 15) is 9.59 Å². The van der Waals surface area contributed by atoms with E-state index in [2.05, 4.69) is 16.6 Å². The minimum atomic E-state index is -0.915. The van der Waals surface area contributed by atoms with Crippen molar-refractivity contribution in [3.63, 3.8) is 0 Å². The molecule has 1 N–H and O–H groups in total. The fourth-order valence-electron chi connectivity index (χ4n) is 1.54. The van der Waals surface area contributed by atoms with Gasteiger partial charge in [-0.1, -0.05) is 25.5 Å². The maximum absolute atomic E-state index is 11.6. The van der Waals surface area contributed by atoms with Crippen molar-refractivity contribution in [3.8, 4) is 0 Å². The Bertz CT molecular complexity index is 301. The molecule has 0 bridgehead atoms. The van der Waals surface area contributed by atoms with Crippen molar-refractivity contribution < 1.29 is 19.1 Å². The van der Waals surface area contributed by atoms with Crippen LogP contribution < -0.4 is 5.32 Å². The molecule has 1 rings (SSSR count). The predicted molar refractivity (Wildman–Crippen MR) is 62.5 cm³/mol. The van der Waals surface area contributed by atoms with E-state index in [1.807, 2.05) is 6.92 Å². The van der Waals surface area contributed by atoms with E-state index in [-0.39, 0.29) is 6.61 Å². The maximum Gasteiger partial charge on any atom is 0.516 e. The van der Waals surface area contributed by atoms with Gasteiger partial charge in [0.1, 0.15) is 6.04 Å². The van der Waals surface area contributed by atoms with Crippen LogP contribution in [-0.4, -0.2) is 31.3 Å². The average molecular weight is 241 g/mol. The summed E-state index contributed by atoms with van der Waals surface area (Å²) in [5.74, 6) is -0.590. The van der Waals surface area contributed by atoms with Crippen molar-refractivity contribution in [2.75, 3.05) is 13.2 Å². The highest BCUT2D eigenvalue weighted by atomic mass is 16.7. The van der Waals surface area contributed by atoms with Crippen LogP contribution in [0.1, 0.15) is 32.6 Å². The number of rotatable bonds is 4. The van der Waals surface area contributed by atoms with E-state index in [0.717, 1.165) is 24.8 Å². The van der Waals surface area contributed by atoms with Gasteiger partial charge in [0.25, 0.3) is 0 Å². The Morgan fingerprint density at radius 2 is 2.29 bits per heavy atom. The van der Waals surface area contributed by atoms with Gasteiger partial charge < -0.3 is 14.8 Å². The molecule has 1 unspecified atom stereocenters. The Hall–Kier alpha value is -1.36. The molecule has 0 amide bonds. The first-order chi connectivity index (χ1) is 8.13. The number of esters is 1. The van der Waals surface area contributed by atoms with E-state index in [0.29, 0.717) is 13.0 Å². The van der Waals surface area contributed by atoms with Gasteiger partial charge in [0.2, 0.25) is 0 Å². The molecule has 1 fully saturated rings. The third kappa shape index (κ3) is 4.99. The Labute approximate surface area is 101 Å². The fourth-order valence-corrected chi connectivity index (χ4v) is 1.54. The number of carbonyl (C=O) groups excluding carboxylic acids is 2. The number of piperidine rings is 1. The molecule has 1 aliphatic heterocycles. The second kappa shape index (κ2) is 7.06. The van der Waals surface area contributed by atoms with Gasteiger partial charge in [-0.2, -0.15) is 0 Å². The van der Waals surface area contributed by atoms with Crippen LogP contribution >= 0.6 is 0 Å². The molecule has 0 spiro atoms. The summed E-state index contributed by atoms with van der Waals surface area (Å²) in [4.78, 5) is 22.7. The molecular formula is C12H19NO4. The lowest BCUT2D eigenvalue weighted by Gasteiger charge is -2.22. The van der Waals surface area contributed by atoms with Gasteiger partial charge >= 0.3 is 12.1 Å². The molecular weight excluding hydrogens is 222 g/mol. The van der Waals surface area contributed by atoms with Crippen LogP contribution in [0.5, 0.6) is 0 Å². The Morgan fingerprint density at radius 1 is 1.53 bits per heavy atom. The van der Waals surface area contributed by atoms with Crippen LogP contribution in [-0.2, 0) is 14.3 Å². The highest BCUT2D eigenvalue weighted by molar-refractivity contribution is 5.85. The number of carbonyl (C=O) groups is 2. The molecule has 96 valence electrons. The minimum absolute atomic E-state index is 0.285. The standard InChI is InChI=1S/C12H19NO4/c1-3-4-7-16-12(15)17-11(14)10-8-9(2)5-6-13-10/h10,13H,2-8H2,1H3. The molecule has 5 heteroatoms. The van der Waals surface area contributed by atoms with Crippen LogP contribution in [0, 0.1) is 0 Å². The molecule has 0 saturated carbocycles. The summed E-state index contributed by atoms with van der Waals surface area (Å²) in [5.41, 5.74) is 0.991. The van der Waals surface area contributed by atoms with Gasteiger partial charge in [-0.3, -0.25) is 0 Å². The molecule has 5 nitrogen and oxygen atoms in total. The third-order valence-electron chi connectivity index (χ3n) is 2.55. The largest absolute Gasteiger partial charge is 0.516 e. The van der Waals surface area contributed by atoms with E-state index < -0.39 is 18.2 Å². The van der Waals surface area contributed by atoms with Crippen molar-refractivity contribution in [2.45, 2.75) is 38.6 Å². The van der Waals surface area contributed by atoms with E-state index in [1.54, 1.807) is 0 Å². The number of hydrogen-bond acceptors (Lipinski definition) is 5. The van der Waals surface area contributed by atoms with Crippen LogP contribution in [0.3, 0.4) is 0 Å². The SMILES string of the molecule is C=C1CCNC(C(=O)OC(=O)OCCCC)C1. The van der Waals surface area contributed by atoms with Gasteiger partial charge in [0, 0.05) is 0 Å². The summed E-state index contributed by atoms with van der Waals surface area (Å²) < 4.78 is 9.32. The molecule has 0 aromatic carbocycles. The highest BCUT2D eigenvalue weighted by Crippen LogP contribution is 2.13. The van der Waals surface area contributed by atoms with Gasteiger partial charge in [0.15, 0.2) is 0 Å². The van der Waals surface area contributed by atoms with E-state index >= 15 is 0 Å². The second-order valence-electron chi connectivity index (χ2n) is 4.08. The summed E-state index contributed by atoms with van der Waals surface area (Å²) in [5, 5.41) is 2.98. The van der Waals surface area contributed by atoms with E-state index in [4.69, 9.17) is 4.74 Å². The number of nitrogens with one attached hydrogen (secondary N) is 1. The molecule has 0 radical (unpaired) electrons. The summed E-state index contributed by atoms with van der Waals surface area (Å²) in [6, 6.07) is -0.477. The van der Waals surface area contributed by atoms with Crippen molar-refractivity contribution in [1.29, 1.82) is 0 Å². The van der Waals surface area contributed by atoms with Gasteiger partial charge in [-0.25, -0.2) is 9.59 Å². The fraction of sp³-hybridized carbons (Fsp3) is 0.667. The predicted octanol–water partition coefficient (Wildman–Crippen LogP) is 1.77. The normalized spacial score (nSPS) is 19.8. The monoisotopic (exact) mass is 241 g/mol. The van der Waals surface area contributed by atoms with Crippen molar-refractivity contribution in [1.82, 2.24) is 5.32 Å². The topological polar surface area (TPSA) is 64.6 Å². The zero-order valence-electron chi connectivity index (χ0n) is 10.2. The van der Waals surface area contributed by atoms with Crippen molar-refractivity contribution in [2.24, 2.45) is 0 Å². The summed E-state index contributed by atoms with van der Waals surface area (Å²) in [7, 11) is 0. The average Bonchev–Trinajstić information content (AvgIpc) is 2.29. The molecule has 17 heavy (non-hydrogen) atoms. The number of ether oxygens (including phenoxy) is 2. The Morgan fingerprint density at radius 3 is 2.94 bits per heavy atom. The summed E-state index contributed by atoms with van der Waals surface area (Å²) >= 11 is 0.